The van der Waals surface area contributed by atoms with Gasteiger partial charge in [0.1, 0.15) is 0 Å². The largest absolute Gasteiger partial charge is 0.478 e. The molecule has 26 heavy (non-hydrogen) atoms. The predicted molar refractivity (Wildman–Crippen MR) is 101 cm³/mol. The zero-order valence-electron chi connectivity index (χ0n) is 14.6. The number of fused-ring (bicyclic) bond motifs is 1. The van der Waals surface area contributed by atoms with E-state index in [2.05, 4.69) is 0 Å². The molecule has 1 saturated carbocycles. The van der Waals surface area contributed by atoms with Gasteiger partial charge in [-0.25, -0.2) is 9.59 Å². The number of nitrogens with zero attached hydrogens (tertiary/aromatic N) is 2. The quantitative estimate of drug-likeness (QED) is 0.772. The number of rotatable bonds is 4. The second kappa shape index (κ2) is 6.83. The van der Waals surface area contributed by atoms with Gasteiger partial charge < -0.3 is 5.11 Å². The molecule has 0 amide bonds. The summed E-state index contributed by atoms with van der Waals surface area (Å²) < 4.78 is 3.61. The van der Waals surface area contributed by atoms with Crippen LogP contribution >= 0.6 is 0 Å². The number of benzene rings is 2. The van der Waals surface area contributed by atoms with Gasteiger partial charge >= 0.3 is 11.7 Å². The first-order valence-corrected chi connectivity index (χ1v) is 9.17. The summed E-state index contributed by atoms with van der Waals surface area (Å²) in [6.07, 6.45) is 5.50. The van der Waals surface area contributed by atoms with Crippen molar-refractivity contribution in [3.63, 3.8) is 0 Å². The van der Waals surface area contributed by atoms with E-state index in [0.717, 1.165) is 36.8 Å². The van der Waals surface area contributed by atoms with Crippen molar-refractivity contribution in [3.05, 3.63) is 70.1 Å². The number of carboxylic acid groups (broad SMARTS) is 1. The fourth-order valence-corrected chi connectivity index (χ4v) is 4.02. The summed E-state index contributed by atoms with van der Waals surface area (Å²) in [6.45, 7) is 0.443. The number of hydrogen-bond acceptors (Lipinski definition) is 2. The van der Waals surface area contributed by atoms with Gasteiger partial charge in [0.05, 0.1) is 23.1 Å². The van der Waals surface area contributed by atoms with Gasteiger partial charge in [-0.2, -0.15) is 0 Å². The zero-order chi connectivity index (χ0) is 18.1. The Labute approximate surface area is 151 Å². The first-order valence-electron chi connectivity index (χ1n) is 9.17. The third-order valence-electron chi connectivity index (χ3n) is 5.33. The Kier molecular flexibility index (Phi) is 4.37. The van der Waals surface area contributed by atoms with Gasteiger partial charge in [0.2, 0.25) is 0 Å². The monoisotopic (exact) mass is 350 g/mol. The minimum Gasteiger partial charge on any atom is -0.478 e. The maximum atomic E-state index is 13.3. The highest BCUT2D eigenvalue weighted by Gasteiger charge is 2.23. The topological polar surface area (TPSA) is 64.2 Å². The van der Waals surface area contributed by atoms with Crippen LogP contribution in [0.1, 0.15) is 54.1 Å². The van der Waals surface area contributed by atoms with Crippen molar-refractivity contribution < 1.29 is 9.90 Å². The minimum atomic E-state index is -0.976. The van der Waals surface area contributed by atoms with E-state index in [-0.39, 0.29) is 17.3 Å². The van der Waals surface area contributed by atoms with E-state index in [1.807, 2.05) is 34.9 Å². The van der Waals surface area contributed by atoms with E-state index in [9.17, 15) is 14.7 Å². The molecule has 1 aliphatic carbocycles. The molecular weight excluding hydrogens is 328 g/mol. The molecule has 0 spiro atoms. The molecule has 134 valence electrons. The molecular formula is C21H22N2O3. The molecule has 0 radical (unpaired) electrons. The van der Waals surface area contributed by atoms with Crippen LogP contribution in [0.2, 0.25) is 0 Å². The third kappa shape index (κ3) is 2.94. The molecule has 0 aliphatic heterocycles. The molecule has 0 atom stereocenters. The lowest BCUT2D eigenvalue weighted by molar-refractivity contribution is 0.0697. The zero-order valence-corrected chi connectivity index (χ0v) is 14.6. The Morgan fingerprint density at radius 3 is 2.42 bits per heavy atom. The smallest absolute Gasteiger partial charge is 0.335 e. The first-order chi connectivity index (χ1) is 12.6. The molecule has 1 heterocycles. The number of carbonyl (C=O) groups is 1. The van der Waals surface area contributed by atoms with Crippen LogP contribution in [0.4, 0.5) is 0 Å². The van der Waals surface area contributed by atoms with Gasteiger partial charge in [-0.3, -0.25) is 9.13 Å². The normalized spacial score (nSPS) is 15.4. The van der Waals surface area contributed by atoms with Crippen LogP contribution < -0.4 is 5.69 Å². The molecule has 5 heteroatoms. The van der Waals surface area contributed by atoms with Gasteiger partial charge in [-0.1, -0.05) is 49.6 Å². The maximum absolute atomic E-state index is 13.3. The molecule has 1 aliphatic rings. The average molecular weight is 350 g/mol. The van der Waals surface area contributed by atoms with E-state index in [4.69, 9.17) is 0 Å². The van der Waals surface area contributed by atoms with E-state index >= 15 is 0 Å². The van der Waals surface area contributed by atoms with E-state index < -0.39 is 5.97 Å². The van der Waals surface area contributed by atoms with Crippen molar-refractivity contribution in [2.24, 2.45) is 0 Å². The lowest BCUT2D eigenvalue weighted by Crippen LogP contribution is -2.28. The second-order valence-electron chi connectivity index (χ2n) is 7.02. The number of hydrogen-bond donors (Lipinski definition) is 1. The number of aromatic carboxylic acids is 1. The molecule has 4 rings (SSSR count). The van der Waals surface area contributed by atoms with Gasteiger partial charge in [0.15, 0.2) is 0 Å². The highest BCUT2D eigenvalue weighted by Crippen LogP contribution is 2.30. The summed E-state index contributed by atoms with van der Waals surface area (Å²) in [7, 11) is 0. The Morgan fingerprint density at radius 1 is 1.00 bits per heavy atom. The van der Waals surface area contributed by atoms with Crippen molar-refractivity contribution >= 4 is 17.0 Å². The van der Waals surface area contributed by atoms with Crippen LogP contribution in [-0.2, 0) is 6.54 Å². The fraction of sp³-hybridized carbons (Fsp3) is 0.333. The summed E-state index contributed by atoms with van der Waals surface area (Å²) in [6, 6.07) is 15.0. The standard InChI is InChI=1S/C21H22N2O3/c24-20(25)16-11-12-18-19(13-16)22(14-15-7-3-1-4-8-15)21(26)23(18)17-9-5-2-6-10-17/h1,3-4,7-8,11-13,17H,2,5-6,9-10,14H2,(H,24,25). The summed E-state index contributed by atoms with van der Waals surface area (Å²) in [5.41, 5.74) is 2.73. The molecule has 0 bridgehead atoms. The SMILES string of the molecule is O=C(O)c1ccc2c(c1)n(Cc1ccccc1)c(=O)n2C1CCCCC1. The van der Waals surface area contributed by atoms with Crippen LogP contribution in [0.5, 0.6) is 0 Å². The van der Waals surface area contributed by atoms with Gasteiger partial charge in [-0.05, 0) is 36.6 Å². The van der Waals surface area contributed by atoms with Crippen molar-refractivity contribution in [2.75, 3.05) is 0 Å². The van der Waals surface area contributed by atoms with Crippen LogP contribution in [0, 0.1) is 0 Å². The first kappa shape index (κ1) is 16.6. The van der Waals surface area contributed by atoms with Crippen molar-refractivity contribution in [3.8, 4) is 0 Å². The van der Waals surface area contributed by atoms with Gasteiger partial charge in [0, 0.05) is 6.04 Å². The fourth-order valence-electron chi connectivity index (χ4n) is 4.02. The molecule has 5 nitrogen and oxygen atoms in total. The number of carboxylic acids is 1. The lowest BCUT2D eigenvalue weighted by atomic mass is 9.95. The van der Waals surface area contributed by atoms with Gasteiger partial charge in [-0.15, -0.1) is 0 Å². The molecule has 0 saturated heterocycles. The summed E-state index contributed by atoms with van der Waals surface area (Å²) in [4.78, 5) is 24.7. The Morgan fingerprint density at radius 2 is 1.73 bits per heavy atom. The molecule has 1 fully saturated rings. The van der Waals surface area contributed by atoms with Crippen LogP contribution in [-0.4, -0.2) is 20.2 Å². The average Bonchev–Trinajstić information content (AvgIpc) is 2.94. The molecule has 2 aromatic carbocycles. The molecule has 0 unspecified atom stereocenters. The number of imidazole rings is 1. The van der Waals surface area contributed by atoms with Crippen molar-refractivity contribution in [1.29, 1.82) is 0 Å². The maximum Gasteiger partial charge on any atom is 0.335 e. The van der Waals surface area contributed by atoms with E-state index in [1.165, 1.54) is 6.42 Å². The summed E-state index contributed by atoms with van der Waals surface area (Å²) >= 11 is 0. The summed E-state index contributed by atoms with van der Waals surface area (Å²) in [5, 5.41) is 9.36. The molecule has 1 N–H and O–H groups in total. The lowest BCUT2D eigenvalue weighted by Gasteiger charge is -2.22. The second-order valence-corrected chi connectivity index (χ2v) is 7.02. The van der Waals surface area contributed by atoms with Crippen molar-refractivity contribution in [2.45, 2.75) is 44.7 Å². The number of aromatic nitrogens is 2. The highest BCUT2D eigenvalue weighted by molar-refractivity contribution is 5.92. The highest BCUT2D eigenvalue weighted by atomic mass is 16.4. The van der Waals surface area contributed by atoms with E-state index in [1.54, 1.807) is 22.8 Å². The summed E-state index contributed by atoms with van der Waals surface area (Å²) in [5.74, 6) is -0.976. The van der Waals surface area contributed by atoms with Gasteiger partial charge in [0.25, 0.3) is 0 Å². The minimum absolute atomic E-state index is 0.0432. The van der Waals surface area contributed by atoms with Crippen LogP contribution in [0.25, 0.3) is 11.0 Å². The Hall–Kier alpha value is -2.82. The van der Waals surface area contributed by atoms with Crippen molar-refractivity contribution in [1.82, 2.24) is 9.13 Å². The van der Waals surface area contributed by atoms with E-state index in [0.29, 0.717) is 12.1 Å². The Bertz CT molecular complexity index is 995. The predicted octanol–water partition coefficient (Wildman–Crippen LogP) is 4.05. The molecule has 3 aromatic rings. The third-order valence-corrected chi connectivity index (χ3v) is 5.33. The van der Waals surface area contributed by atoms with Crippen LogP contribution in [0.3, 0.4) is 0 Å². The Balaban J connectivity index is 1.90. The molecule has 1 aromatic heterocycles. The van der Waals surface area contributed by atoms with Crippen LogP contribution in [0.15, 0.2) is 53.3 Å².